The summed E-state index contributed by atoms with van der Waals surface area (Å²) in [7, 11) is 0. The average molecular weight is 239 g/mol. The molecule has 102 valence electrons. The normalized spacial score (nSPS) is 18.7. The van der Waals surface area contributed by atoms with Gasteiger partial charge in [-0.1, -0.05) is 58.8 Å². The van der Waals surface area contributed by atoms with Crippen molar-refractivity contribution in [2.45, 2.75) is 78.1 Å². The molecule has 0 unspecified atom stereocenters. The third-order valence-electron chi connectivity index (χ3n) is 4.23. The molecule has 0 saturated carbocycles. The van der Waals surface area contributed by atoms with Gasteiger partial charge in [-0.25, -0.2) is 0 Å². The number of likely N-dealkylation sites (tertiary alicyclic amines) is 1. The Kier molecular flexibility index (Phi) is 8.78. The van der Waals surface area contributed by atoms with Gasteiger partial charge < -0.3 is 4.90 Å². The van der Waals surface area contributed by atoms with Crippen LogP contribution in [0.5, 0.6) is 0 Å². The number of hydrogen-bond donors (Lipinski definition) is 0. The van der Waals surface area contributed by atoms with Crippen LogP contribution in [0, 0.1) is 5.92 Å². The molecule has 17 heavy (non-hydrogen) atoms. The van der Waals surface area contributed by atoms with Crippen molar-refractivity contribution in [2.24, 2.45) is 5.92 Å². The van der Waals surface area contributed by atoms with E-state index < -0.39 is 0 Å². The molecule has 0 bridgehead atoms. The fourth-order valence-corrected chi connectivity index (χ4v) is 3.02. The van der Waals surface area contributed by atoms with Crippen molar-refractivity contribution in [1.29, 1.82) is 0 Å². The molecule has 1 nitrogen and oxygen atoms in total. The van der Waals surface area contributed by atoms with Crippen LogP contribution in [0.25, 0.3) is 0 Å². The Hall–Kier alpha value is -0.0400. The molecular formula is C16H33N. The molecule has 0 aromatic carbocycles. The highest BCUT2D eigenvalue weighted by molar-refractivity contribution is 4.71. The van der Waals surface area contributed by atoms with Crippen molar-refractivity contribution >= 4 is 0 Å². The summed E-state index contributed by atoms with van der Waals surface area (Å²) in [4.78, 5) is 2.70. The van der Waals surface area contributed by atoms with E-state index >= 15 is 0 Å². The second-order valence-corrected chi connectivity index (χ2v) is 5.84. The molecule has 0 amide bonds. The average Bonchev–Trinajstić information content (AvgIpc) is 2.36. The first kappa shape index (κ1) is 15.0. The van der Waals surface area contributed by atoms with Crippen LogP contribution in [-0.4, -0.2) is 24.5 Å². The summed E-state index contributed by atoms with van der Waals surface area (Å²) < 4.78 is 0. The Balaban J connectivity index is 1.91. The largest absolute Gasteiger partial charge is 0.303 e. The van der Waals surface area contributed by atoms with E-state index in [1.165, 1.54) is 83.8 Å². The molecule has 0 N–H and O–H groups in total. The summed E-state index contributed by atoms with van der Waals surface area (Å²) >= 11 is 0. The monoisotopic (exact) mass is 239 g/mol. The molecule has 0 atom stereocenters. The highest BCUT2D eigenvalue weighted by atomic mass is 15.1. The summed E-state index contributed by atoms with van der Waals surface area (Å²) in [5.74, 6) is 1.04. The number of unbranched alkanes of at least 4 members (excludes halogenated alkanes) is 5. The summed E-state index contributed by atoms with van der Waals surface area (Å²) in [6.45, 7) is 8.73. The molecule has 1 heteroatoms. The third kappa shape index (κ3) is 7.08. The number of piperidine rings is 1. The number of nitrogens with zero attached hydrogens (tertiary/aromatic N) is 1. The SMILES string of the molecule is CCCCCCCCN1CCC(CCC)CC1. The Labute approximate surface area is 109 Å². The molecule has 0 radical (unpaired) electrons. The van der Waals surface area contributed by atoms with E-state index in [-0.39, 0.29) is 0 Å². The van der Waals surface area contributed by atoms with Crippen LogP contribution in [0.4, 0.5) is 0 Å². The van der Waals surface area contributed by atoms with Gasteiger partial charge in [0.2, 0.25) is 0 Å². The molecule has 1 rings (SSSR count). The standard InChI is InChI=1S/C16H33N/c1-3-5-6-7-8-9-13-17-14-11-16(10-4-2)12-15-17/h16H,3-15H2,1-2H3. The second-order valence-electron chi connectivity index (χ2n) is 5.84. The lowest BCUT2D eigenvalue weighted by molar-refractivity contribution is 0.175. The highest BCUT2D eigenvalue weighted by Crippen LogP contribution is 2.21. The Morgan fingerprint density at radius 1 is 0.824 bits per heavy atom. The van der Waals surface area contributed by atoms with Crippen LogP contribution in [0.15, 0.2) is 0 Å². The molecule has 1 aliphatic heterocycles. The first-order valence-electron chi connectivity index (χ1n) is 8.09. The van der Waals surface area contributed by atoms with Gasteiger partial charge in [-0.2, -0.15) is 0 Å². The van der Waals surface area contributed by atoms with E-state index in [1.54, 1.807) is 0 Å². The summed E-state index contributed by atoms with van der Waals surface area (Å²) in [5.41, 5.74) is 0. The molecule has 0 aromatic heterocycles. The maximum absolute atomic E-state index is 2.70. The molecule has 0 aliphatic carbocycles. The minimum absolute atomic E-state index is 1.04. The zero-order valence-corrected chi connectivity index (χ0v) is 12.2. The van der Waals surface area contributed by atoms with Crippen LogP contribution in [0.2, 0.25) is 0 Å². The summed E-state index contributed by atoms with van der Waals surface area (Å²) in [5, 5.41) is 0. The molecule has 1 heterocycles. The molecule has 1 fully saturated rings. The van der Waals surface area contributed by atoms with Crippen LogP contribution in [0.3, 0.4) is 0 Å². The fourth-order valence-electron chi connectivity index (χ4n) is 3.02. The zero-order chi connectivity index (χ0) is 12.3. The predicted molar refractivity (Wildman–Crippen MR) is 77.4 cm³/mol. The van der Waals surface area contributed by atoms with Gasteiger partial charge in [0.15, 0.2) is 0 Å². The van der Waals surface area contributed by atoms with Crippen molar-refractivity contribution in [1.82, 2.24) is 4.90 Å². The van der Waals surface area contributed by atoms with Crippen molar-refractivity contribution in [3.05, 3.63) is 0 Å². The summed E-state index contributed by atoms with van der Waals surface area (Å²) in [6.07, 6.45) is 14.4. The van der Waals surface area contributed by atoms with E-state index in [0.29, 0.717) is 0 Å². The molecule has 0 spiro atoms. The van der Waals surface area contributed by atoms with E-state index in [9.17, 15) is 0 Å². The number of rotatable bonds is 9. The van der Waals surface area contributed by atoms with Crippen LogP contribution in [0.1, 0.15) is 78.1 Å². The molecular weight excluding hydrogens is 206 g/mol. The minimum Gasteiger partial charge on any atom is -0.303 e. The van der Waals surface area contributed by atoms with Crippen molar-refractivity contribution in [3.8, 4) is 0 Å². The van der Waals surface area contributed by atoms with Crippen LogP contribution >= 0.6 is 0 Å². The number of hydrogen-bond acceptors (Lipinski definition) is 1. The maximum Gasteiger partial charge on any atom is -0.00161 e. The van der Waals surface area contributed by atoms with Gasteiger partial charge in [-0.3, -0.25) is 0 Å². The van der Waals surface area contributed by atoms with E-state index in [4.69, 9.17) is 0 Å². The third-order valence-corrected chi connectivity index (χ3v) is 4.23. The predicted octanol–water partition coefficient (Wildman–Crippen LogP) is 4.86. The van der Waals surface area contributed by atoms with Crippen molar-refractivity contribution < 1.29 is 0 Å². The van der Waals surface area contributed by atoms with Gasteiger partial charge in [0.25, 0.3) is 0 Å². The van der Waals surface area contributed by atoms with Crippen LogP contribution < -0.4 is 0 Å². The Bertz CT molecular complexity index is 159. The van der Waals surface area contributed by atoms with Crippen molar-refractivity contribution in [2.75, 3.05) is 19.6 Å². The quantitative estimate of drug-likeness (QED) is 0.519. The Morgan fingerprint density at radius 2 is 1.47 bits per heavy atom. The van der Waals surface area contributed by atoms with E-state index in [1.807, 2.05) is 0 Å². The first-order valence-corrected chi connectivity index (χ1v) is 8.09. The molecule has 1 aliphatic rings. The van der Waals surface area contributed by atoms with Gasteiger partial charge in [0, 0.05) is 0 Å². The highest BCUT2D eigenvalue weighted by Gasteiger charge is 2.17. The van der Waals surface area contributed by atoms with Gasteiger partial charge in [0.05, 0.1) is 0 Å². The van der Waals surface area contributed by atoms with Gasteiger partial charge in [-0.05, 0) is 44.8 Å². The Morgan fingerprint density at radius 3 is 2.12 bits per heavy atom. The van der Waals surface area contributed by atoms with Gasteiger partial charge in [-0.15, -0.1) is 0 Å². The second kappa shape index (κ2) is 9.94. The minimum atomic E-state index is 1.04. The molecule has 1 saturated heterocycles. The van der Waals surface area contributed by atoms with E-state index in [2.05, 4.69) is 18.7 Å². The summed E-state index contributed by atoms with van der Waals surface area (Å²) in [6, 6.07) is 0. The van der Waals surface area contributed by atoms with Gasteiger partial charge in [0.1, 0.15) is 0 Å². The van der Waals surface area contributed by atoms with Crippen LogP contribution in [-0.2, 0) is 0 Å². The molecule has 0 aromatic rings. The lowest BCUT2D eigenvalue weighted by Gasteiger charge is -2.31. The fraction of sp³-hybridized carbons (Fsp3) is 1.00. The van der Waals surface area contributed by atoms with E-state index in [0.717, 1.165) is 5.92 Å². The zero-order valence-electron chi connectivity index (χ0n) is 12.2. The van der Waals surface area contributed by atoms with Gasteiger partial charge >= 0.3 is 0 Å². The van der Waals surface area contributed by atoms with Crippen molar-refractivity contribution in [3.63, 3.8) is 0 Å². The first-order chi connectivity index (χ1) is 8.36. The smallest absolute Gasteiger partial charge is 0.00161 e. The lowest BCUT2D eigenvalue weighted by Crippen LogP contribution is -2.34. The topological polar surface area (TPSA) is 3.24 Å². The maximum atomic E-state index is 2.70. The lowest BCUT2D eigenvalue weighted by atomic mass is 9.92.